The van der Waals surface area contributed by atoms with E-state index in [-0.39, 0.29) is 18.5 Å². The van der Waals surface area contributed by atoms with E-state index in [1.54, 1.807) is 6.08 Å². The molecule has 0 aromatic heterocycles. The van der Waals surface area contributed by atoms with E-state index in [1.165, 1.54) is 327 Å². The first kappa shape index (κ1) is 76.3. The van der Waals surface area contributed by atoms with Crippen molar-refractivity contribution in [3.05, 3.63) is 24.3 Å². The van der Waals surface area contributed by atoms with E-state index in [0.29, 0.717) is 19.4 Å². The van der Waals surface area contributed by atoms with Gasteiger partial charge in [-0.05, 0) is 57.8 Å². The minimum Gasteiger partial charge on any atom is -0.466 e. The summed E-state index contributed by atoms with van der Waals surface area (Å²) in [6, 6.07) is -0.624. The van der Waals surface area contributed by atoms with E-state index in [9.17, 15) is 19.8 Å². The standard InChI is InChI=1S/C72H139NO5/c1-3-5-7-9-11-13-15-17-19-37-40-44-48-52-56-60-64-70(75)69(68-74)73-71(76)65-61-57-53-49-45-41-38-34-32-30-28-26-24-22-20-21-23-25-27-29-31-33-35-39-43-47-51-55-59-63-67-78-72(77)66-62-58-54-50-46-42-36-18-16-14-12-10-8-6-4-2/h18,36,60,64,69-70,74-75H,3-17,19-35,37-59,61-63,65-68H2,1-2H3,(H,73,76)/b36-18-,64-60+. The van der Waals surface area contributed by atoms with Crippen LogP contribution < -0.4 is 5.32 Å². The first-order chi connectivity index (χ1) is 38.5. The maximum Gasteiger partial charge on any atom is 0.305 e. The van der Waals surface area contributed by atoms with E-state index < -0.39 is 12.1 Å². The van der Waals surface area contributed by atoms with Gasteiger partial charge in [-0.15, -0.1) is 0 Å². The van der Waals surface area contributed by atoms with Gasteiger partial charge in [0.05, 0.1) is 25.4 Å². The van der Waals surface area contributed by atoms with Crippen molar-refractivity contribution in [1.82, 2.24) is 5.32 Å². The number of nitrogens with one attached hydrogen (secondary N) is 1. The molecule has 0 aliphatic rings. The zero-order valence-corrected chi connectivity index (χ0v) is 52.9. The SMILES string of the molecule is CCCCCCCC/C=C\CCCCCCCC(=O)OCCCCCCCCCCCCCCCCCCCCCCCCCCCCCCCCC(=O)NC(CO)C(O)/C=C/CCCCCCCCCCCCCCCC. The molecule has 0 aromatic carbocycles. The number of carbonyl (C=O) groups excluding carboxylic acids is 2. The Morgan fingerprint density at radius 1 is 0.346 bits per heavy atom. The van der Waals surface area contributed by atoms with Crippen LogP contribution in [0.3, 0.4) is 0 Å². The first-order valence-corrected chi connectivity index (χ1v) is 35.6. The van der Waals surface area contributed by atoms with Crippen molar-refractivity contribution in [2.75, 3.05) is 13.2 Å². The topological polar surface area (TPSA) is 95.9 Å². The summed E-state index contributed by atoms with van der Waals surface area (Å²) in [5, 5.41) is 23.2. The summed E-state index contributed by atoms with van der Waals surface area (Å²) in [4.78, 5) is 24.6. The molecule has 0 rings (SSSR count). The van der Waals surface area contributed by atoms with E-state index in [0.717, 1.165) is 44.9 Å². The van der Waals surface area contributed by atoms with Crippen LogP contribution in [0.4, 0.5) is 0 Å². The van der Waals surface area contributed by atoms with Gasteiger partial charge in [0.2, 0.25) is 5.91 Å². The van der Waals surface area contributed by atoms with Crippen molar-refractivity contribution >= 4 is 11.9 Å². The number of ether oxygens (including phenoxy) is 1. The van der Waals surface area contributed by atoms with Crippen molar-refractivity contribution in [2.45, 2.75) is 411 Å². The van der Waals surface area contributed by atoms with Crippen molar-refractivity contribution < 1.29 is 24.5 Å². The predicted octanol–water partition coefficient (Wildman–Crippen LogP) is 22.9. The molecule has 2 atom stereocenters. The number of aliphatic hydroxyl groups excluding tert-OH is 2. The van der Waals surface area contributed by atoms with Crippen LogP contribution in [0.15, 0.2) is 24.3 Å². The summed E-state index contributed by atoms with van der Waals surface area (Å²) in [5.41, 5.74) is 0. The van der Waals surface area contributed by atoms with Gasteiger partial charge in [0.15, 0.2) is 0 Å². The largest absolute Gasteiger partial charge is 0.466 e. The lowest BCUT2D eigenvalue weighted by molar-refractivity contribution is -0.143. The average molecular weight is 1100 g/mol. The Bertz CT molecular complexity index is 1220. The molecule has 0 aromatic rings. The molecular formula is C72H139NO5. The molecule has 6 nitrogen and oxygen atoms in total. The van der Waals surface area contributed by atoms with Crippen LogP contribution in [-0.2, 0) is 14.3 Å². The monoisotopic (exact) mass is 1100 g/mol. The Kier molecular flexibility index (Phi) is 66.4. The Morgan fingerprint density at radius 3 is 0.910 bits per heavy atom. The molecule has 0 saturated heterocycles. The van der Waals surface area contributed by atoms with Gasteiger partial charge in [-0.3, -0.25) is 9.59 Å². The summed E-state index contributed by atoms with van der Waals surface area (Å²) in [6.45, 7) is 4.93. The second kappa shape index (κ2) is 67.8. The molecule has 78 heavy (non-hydrogen) atoms. The molecular weight excluding hydrogens is 959 g/mol. The summed E-state index contributed by atoms with van der Waals surface area (Å²) < 4.78 is 5.49. The van der Waals surface area contributed by atoms with E-state index >= 15 is 0 Å². The third-order valence-corrected chi connectivity index (χ3v) is 16.7. The highest BCUT2D eigenvalue weighted by molar-refractivity contribution is 5.76. The predicted molar refractivity (Wildman–Crippen MR) is 343 cm³/mol. The molecule has 0 aliphatic carbocycles. The molecule has 462 valence electrons. The summed E-state index contributed by atoms with van der Waals surface area (Å²) in [5.74, 6) is -0.0487. The van der Waals surface area contributed by atoms with Crippen LogP contribution in [0.25, 0.3) is 0 Å². The molecule has 0 saturated carbocycles. The highest BCUT2D eigenvalue weighted by Crippen LogP contribution is 2.19. The molecule has 0 spiro atoms. The summed E-state index contributed by atoms with van der Waals surface area (Å²) >= 11 is 0. The maximum atomic E-state index is 12.5. The van der Waals surface area contributed by atoms with Crippen LogP contribution in [0, 0.1) is 0 Å². The van der Waals surface area contributed by atoms with Gasteiger partial charge in [0, 0.05) is 12.8 Å². The quantitative estimate of drug-likeness (QED) is 0.0320. The molecule has 0 fully saturated rings. The molecule has 2 unspecified atom stereocenters. The lowest BCUT2D eigenvalue weighted by Crippen LogP contribution is -2.45. The van der Waals surface area contributed by atoms with E-state index in [1.807, 2.05) is 6.08 Å². The van der Waals surface area contributed by atoms with Crippen molar-refractivity contribution in [3.8, 4) is 0 Å². The van der Waals surface area contributed by atoms with Crippen LogP contribution in [0.1, 0.15) is 399 Å². The van der Waals surface area contributed by atoms with E-state index in [4.69, 9.17) is 4.74 Å². The van der Waals surface area contributed by atoms with Gasteiger partial charge in [-0.25, -0.2) is 0 Å². The number of rotatable bonds is 67. The highest BCUT2D eigenvalue weighted by Gasteiger charge is 2.18. The maximum absolute atomic E-state index is 12.5. The minimum absolute atomic E-state index is 0.0125. The van der Waals surface area contributed by atoms with Gasteiger partial charge in [0.1, 0.15) is 0 Å². The molecule has 0 heterocycles. The summed E-state index contributed by atoms with van der Waals surface area (Å²) in [6.07, 6.45) is 85.5. The average Bonchev–Trinajstić information content (AvgIpc) is 3.44. The second-order valence-electron chi connectivity index (χ2n) is 24.6. The molecule has 6 heteroatoms. The molecule has 0 radical (unpaired) electrons. The highest BCUT2D eigenvalue weighted by atomic mass is 16.5. The zero-order valence-electron chi connectivity index (χ0n) is 52.9. The number of unbranched alkanes of at least 4 members (excludes halogenated alkanes) is 54. The number of hydrogen-bond donors (Lipinski definition) is 3. The van der Waals surface area contributed by atoms with Crippen LogP contribution in [0.2, 0.25) is 0 Å². The van der Waals surface area contributed by atoms with Crippen LogP contribution in [-0.4, -0.2) is 47.4 Å². The first-order valence-electron chi connectivity index (χ1n) is 35.6. The molecule has 1 amide bonds. The Balaban J connectivity index is 3.34. The second-order valence-corrected chi connectivity index (χ2v) is 24.6. The minimum atomic E-state index is -0.841. The number of allylic oxidation sites excluding steroid dienone is 3. The van der Waals surface area contributed by atoms with Gasteiger partial charge >= 0.3 is 5.97 Å². The zero-order chi connectivity index (χ0) is 56.4. The lowest BCUT2D eigenvalue weighted by atomic mass is 10.0. The van der Waals surface area contributed by atoms with Gasteiger partial charge in [0.25, 0.3) is 0 Å². The fourth-order valence-electron chi connectivity index (χ4n) is 11.3. The third kappa shape index (κ3) is 63.5. The summed E-state index contributed by atoms with van der Waals surface area (Å²) in [7, 11) is 0. The molecule has 0 bridgehead atoms. The number of amides is 1. The van der Waals surface area contributed by atoms with Crippen molar-refractivity contribution in [2.24, 2.45) is 0 Å². The molecule has 0 aliphatic heterocycles. The van der Waals surface area contributed by atoms with Gasteiger partial charge < -0.3 is 20.3 Å². The van der Waals surface area contributed by atoms with Crippen molar-refractivity contribution in [1.29, 1.82) is 0 Å². The number of esters is 1. The Morgan fingerprint density at radius 2 is 0.603 bits per heavy atom. The fourth-order valence-corrected chi connectivity index (χ4v) is 11.3. The third-order valence-electron chi connectivity index (χ3n) is 16.7. The number of carbonyl (C=O) groups is 2. The fraction of sp³-hybridized carbons (Fsp3) is 0.917. The van der Waals surface area contributed by atoms with Gasteiger partial charge in [-0.2, -0.15) is 0 Å². The smallest absolute Gasteiger partial charge is 0.305 e. The number of aliphatic hydroxyl groups is 2. The van der Waals surface area contributed by atoms with Crippen LogP contribution in [0.5, 0.6) is 0 Å². The molecule has 3 N–H and O–H groups in total. The van der Waals surface area contributed by atoms with Gasteiger partial charge in [-0.1, -0.05) is 353 Å². The van der Waals surface area contributed by atoms with E-state index in [2.05, 4.69) is 31.3 Å². The Hall–Kier alpha value is -1.66. The van der Waals surface area contributed by atoms with Crippen LogP contribution >= 0.6 is 0 Å². The Labute approximate surface area is 488 Å². The normalized spacial score (nSPS) is 12.6. The lowest BCUT2D eigenvalue weighted by Gasteiger charge is -2.20. The number of hydrogen-bond acceptors (Lipinski definition) is 5. The van der Waals surface area contributed by atoms with Crippen molar-refractivity contribution in [3.63, 3.8) is 0 Å².